The maximum absolute atomic E-state index is 10.9. The van der Waals surface area contributed by atoms with Gasteiger partial charge in [-0.2, -0.15) is 0 Å². The van der Waals surface area contributed by atoms with Crippen LogP contribution in [-0.4, -0.2) is 17.0 Å². The van der Waals surface area contributed by atoms with Crippen LogP contribution >= 0.6 is 0 Å². The number of nitro groups is 1. The van der Waals surface area contributed by atoms with E-state index in [4.69, 9.17) is 14.9 Å². The van der Waals surface area contributed by atoms with Crippen LogP contribution in [0.1, 0.15) is 0 Å². The van der Waals surface area contributed by atoms with E-state index >= 15 is 0 Å². The van der Waals surface area contributed by atoms with Crippen molar-refractivity contribution in [3.8, 4) is 17.2 Å². The number of nitro benzene ring substituents is 1. The summed E-state index contributed by atoms with van der Waals surface area (Å²) >= 11 is 0. The van der Waals surface area contributed by atoms with Crippen molar-refractivity contribution in [1.82, 2.24) is 4.98 Å². The lowest BCUT2D eigenvalue weighted by Gasteiger charge is -1.99. The van der Waals surface area contributed by atoms with Crippen molar-refractivity contribution in [3.05, 3.63) is 46.5 Å². The summed E-state index contributed by atoms with van der Waals surface area (Å²) in [5.41, 5.74) is 7.18. The van der Waals surface area contributed by atoms with Gasteiger partial charge in [0.1, 0.15) is 17.0 Å². The number of anilines is 1. The van der Waals surface area contributed by atoms with Crippen molar-refractivity contribution in [2.45, 2.75) is 0 Å². The maximum Gasteiger partial charge on any atom is 0.292 e. The van der Waals surface area contributed by atoms with Crippen molar-refractivity contribution in [2.75, 3.05) is 12.8 Å². The van der Waals surface area contributed by atoms with Crippen LogP contribution in [0.5, 0.6) is 5.75 Å². The minimum Gasteiger partial charge on any atom is -0.497 e. The number of rotatable bonds is 3. The molecule has 3 rings (SSSR count). The SMILES string of the molecule is COc1ccc2oc(-c3ccc(N)c([N+](=O)[O-])c3)nc2c1. The van der Waals surface area contributed by atoms with Gasteiger partial charge in [0, 0.05) is 17.7 Å². The normalized spacial score (nSPS) is 10.7. The largest absolute Gasteiger partial charge is 0.497 e. The number of benzene rings is 2. The first-order valence-corrected chi connectivity index (χ1v) is 6.07. The predicted octanol–water partition coefficient (Wildman–Crippen LogP) is 2.99. The summed E-state index contributed by atoms with van der Waals surface area (Å²) < 4.78 is 10.7. The highest BCUT2D eigenvalue weighted by Crippen LogP contribution is 2.31. The zero-order valence-electron chi connectivity index (χ0n) is 11.1. The van der Waals surface area contributed by atoms with Crippen molar-refractivity contribution >= 4 is 22.5 Å². The molecule has 21 heavy (non-hydrogen) atoms. The fourth-order valence-electron chi connectivity index (χ4n) is 1.99. The molecule has 0 aliphatic carbocycles. The molecule has 0 radical (unpaired) electrons. The first-order chi connectivity index (χ1) is 10.1. The molecule has 1 aromatic heterocycles. The Morgan fingerprint density at radius 2 is 2.10 bits per heavy atom. The van der Waals surface area contributed by atoms with Crippen molar-refractivity contribution in [1.29, 1.82) is 0 Å². The fraction of sp³-hybridized carbons (Fsp3) is 0.0714. The minimum atomic E-state index is -0.537. The van der Waals surface area contributed by atoms with Crippen LogP contribution in [-0.2, 0) is 0 Å². The highest BCUT2D eigenvalue weighted by Gasteiger charge is 2.16. The van der Waals surface area contributed by atoms with Gasteiger partial charge in [-0.25, -0.2) is 4.98 Å². The van der Waals surface area contributed by atoms with Gasteiger partial charge in [-0.15, -0.1) is 0 Å². The molecule has 1 heterocycles. The Morgan fingerprint density at radius 1 is 1.29 bits per heavy atom. The van der Waals surface area contributed by atoms with Gasteiger partial charge in [0.15, 0.2) is 5.58 Å². The Balaban J connectivity index is 2.12. The molecule has 0 spiro atoms. The first-order valence-electron chi connectivity index (χ1n) is 6.07. The molecule has 0 unspecified atom stereocenters. The summed E-state index contributed by atoms with van der Waals surface area (Å²) in [4.78, 5) is 14.7. The number of aromatic nitrogens is 1. The molecule has 0 bridgehead atoms. The van der Waals surface area contributed by atoms with E-state index in [9.17, 15) is 10.1 Å². The first kappa shape index (κ1) is 12.9. The average molecular weight is 285 g/mol. The van der Waals surface area contributed by atoms with Crippen molar-refractivity contribution < 1.29 is 14.1 Å². The molecular formula is C14H11N3O4. The quantitative estimate of drug-likeness (QED) is 0.450. The van der Waals surface area contributed by atoms with Crippen molar-refractivity contribution in [3.63, 3.8) is 0 Å². The van der Waals surface area contributed by atoms with Crippen LogP contribution < -0.4 is 10.5 Å². The van der Waals surface area contributed by atoms with E-state index in [-0.39, 0.29) is 11.4 Å². The Hall–Kier alpha value is -3.09. The van der Waals surface area contributed by atoms with Gasteiger partial charge in [0.05, 0.1) is 12.0 Å². The molecular weight excluding hydrogens is 274 g/mol. The van der Waals surface area contributed by atoms with E-state index in [1.165, 1.54) is 12.1 Å². The topological polar surface area (TPSA) is 104 Å². The molecule has 0 saturated heterocycles. The van der Waals surface area contributed by atoms with E-state index in [1.807, 2.05) is 0 Å². The number of nitrogen functional groups attached to an aromatic ring is 1. The molecule has 3 aromatic rings. The smallest absolute Gasteiger partial charge is 0.292 e. The predicted molar refractivity (Wildman–Crippen MR) is 77.1 cm³/mol. The van der Waals surface area contributed by atoms with E-state index in [0.29, 0.717) is 28.3 Å². The number of hydrogen-bond donors (Lipinski definition) is 1. The molecule has 0 fully saturated rings. The molecule has 2 N–H and O–H groups in total. The standard InChI is InChI=1S/C14H11N3O4/c1-20-9-3-5-13-11(7-9)16-14(21-13)8-2-4-10(15)12(6-8)17(18)19/h2-7H,15H2,1H3. The molecule has 7 heteroatoms. The maximum atomic E-state index is 10.9. The van der Waals surface area contributed by atoms with Crippen LogP contribution in [0.2, 0.25) is 0 Å². The molecule has 0 amide bonds. The van der Waals surface area contributed by atoms with Gasteiger partial charge in [-0.05, 0) is 24.3 Å². The third-order valence-corrected chi connectivity index (χ3v) is 3.07. The Morgan fingerprint density at radius 3 is 2.81 bits per heavy atom. The zero-order valence-corrected chi connectivity index (χ0v) is 11.1. The number of ether oxygens (including phenoxy) is 1. The summed E-state index contributed by atoms with van der Waals surface area (Å²) in [6.45, 7) is 0. The van der Waals surface area contributed by atoms with E-state index in [2.05, 4.69) is 4.98 Å². The number of nitrogens with zero attached hydrogens (tertiary/aromatic N) is 2. The highest BCUT2D eigenvalue weighted by molar-refractivity contribution is 5.78. The molecule has 106 valence electrons. The van der Waals surface area contributed by atoms with Gasteiger partial charge < -0.3 is 14.9 Å². The second-order valence-electron chi connectivity index (χ2n) is 4.38. The summed E-state index contributed by atoms with van der Waals surface area (Å²) in [6.07, 6.45) is 0. The lowest BCUT2D eigenvalue weighted by molar-refractivity contribution is -0.383. The number of fused-ring (bicyclic) bond motifs is 1. The molecule has 2 aromatic carbocycles. The third kappa shape index (κ3) is 2.25. The molecule has 0 saturated carbocycles. The molecule has 0 aliphatic rings. The molecule has 0 aliphatic heterocycles. The monoisotopic (exact) mass is 285 g/mol. The van der Waals surface area contributed by atoms with Crippen LogP contribution in [0, 0.1) is 10.1 Å². The second-order valence-corrected chi connectivity index (χ2v) is 4.38. The lowest BCUT2D eigenvalue weighted by Crippen LogP contribution is -1.95. The van der Waals surface area contributed by atoms with Crippen LogP contribution in [0.3, 0.4) is 0 Å². The second kappa shape index (κ2) is 4.78. The summed E-state index contributed by atoms with van der Waals surface area (Å²) in [6, 6.07) is 9.65. The van der Waals surface area contributed by atoms with Gasteiger partial charge >= 0.3 is 0 Å². The molecule has 0 atom stereocenters. The summed E-state index contributed by atoms with van der Waals surface area (Å²) in [5, 5.41) is 10.9. The summed E-state index contributed by atoms with van der Waals surface area (Å²) in [5.74, 6) is 0.951. The minimum absolute atomic E-state index is 0.0986. The fourth-order valence-corrected chi connectivity index (χ4v) is 1.99. The van der Waals surface area contributed by atoms with E-state index in [1.54, 1.807) is 31.4 Å². The Kier molecular flexibility index (Phi) is 2.94. The van der Waals surface area contributed by atoms with Crippen LogP contribution in [0.25, 0.3) is 22.6 Å². The average Bonchev–Trinajstić information content (AvgIpc) is 2.90. The van der Waals surface area contributed by atoms with Crippen LogP contribution in [0.15, 0.2) is 40.8 Å². The number of nitrogens with two attached hydrogens (primary N) is 1. The Bertz CT molecular complexity index is 841. The van der Waals surface area contributed by atoms with E-state index in [0.717, 1.165) is 0 Å². The Labute approximate surface area is 119 Å². The van der Waals surface area contributed by atoms with Crippen molar-refractivity contribution in [2.24, 2.45) is 0 Å². The highest BCUT2D eigenvalue weighted by atomic mass is 16.6. The number of methoxy groups -OCH3 is 1. The van der Waals surface area contributed by atoms with Gasteiger partial charge in [0.2, 0.25) is 5.89 Å². The van der Waals surface area contributed by atoms with E-state index < -0.39 is 4.92 Å². The third-order valence-electron chi connectivity index (χ3n) is 3.07. The molecule has 7 nitrogen and oxygen atoms in total. The van der Waals surface area contributed by atoms with Gasteiger partial charge in [-0.3, -0.25) is 10.1 Å². The van der Waals surface area contributed by atoms with Crippen LogP contribution in [0.4, 0.5) is 11.4 Å². The number of oxazole rings is 1. The number of hydrogen-bond acceptors (Lipinski definition) is 6. The summed E-state index contributed by atoms with van der Waals surface area (Å²) in [7, 11) is 1.56. The van der Waals surface area contributed by atoms with Gasteiger partial charge in [-0.1, -0.05) is 0 Å². The zero-order chi connectivity index (χ0) is 15.0. The lowest BCUT2D eigenvalue weighted by atomic mass is 10.2. The van der Waals surface area contributed by atoms with Gasteiger partial charge in [0.25, 0.3) is 5.69 Å².